The zero-order valence-corrected chi connectivity index (χ0v) is 13.8. The van der Waals surface area contributed by atoms with E-state index in [4.69, 9.17) is 12.3 Å². The van der Waals surface area contributed by atoms with Gasteiger partial charge < -0.3 is 18.4 Å². The van der Waals surface area contributed by atoms with E-state index < -0.39 is 0 Å². The third kappa shape index (κ3) is 2.56. The predicted molar refractivity (Wildman–Crippen MR) is 81.7 cm³/mol. The van der Waals surface area contributed by atoms with Gasteiger partial charge in [0.1, 0.15) is 0 Å². The first-order chi connectivity index (χ1) is 9.31. The minimum Gasteiger partial charge on any atom is -0.399 e. The number of nitrogens with two attached hydrogens (primary N) is 1. The topological polar surface area (TPSA) is 26.0 Å². The second kappa shape index (κ2) is 6.34. The van der Waals surface area contributed by atoms with Crippen molar-refractivity contribution in [2.45, 2.75) is 0 Å². The summed E-state index contributed by atoms with van der Waals surface area (Å²) in [7, 11) is 0. The van der Waals surface area contributed by atoms with Gasteiger partial charge in [-0.05, 0) is 16.8 Å². The van der Waals surface area contributed by atoms with Gasteiger partial charge in [-0.25, -0.2) is 6.08 Å². The van der Waals surface area contributed by atoms with Crippen LogP contribution < -0.4 is 5.73 Å². The summed E-state index contributed by atoms with van der Waals surface area (Å²) >= 11 is 0. The molecule has 0 atom stereocenters. The Morgan fingerprint density at radius 1 is 0.900 bits per heavy atom. The molecule has 0 heterocycles. The van der Waals surface area contributed by atoms with Crippen LogP contribution in [0.4, 0.5) is 5.69 Å². The Morgan fingerprint density at radius 2 is 1.55 bits per heavy atom. The summed E-state index contributed by atoms with van der Waals surface area (Å²) in [4.78, 5) is 0. The molecule has 0 saturated heterocycles. The van der Waals surface area contributed by atoms with Crippen molar-refractivity contribution in [3.8, 4) is 0 Å². The van der Waals surface area contributed by atoms with Crippen LogP contribution in [0.15, 0.2) is 60.7 Å². The Labute approximate surface area is 144 Å². The van der Waals surface area contributed by atoms with Gasteiger partial charge in [-0.1, -0.05) is 41.1 Å². The van der Waals surface area contributed by atoms with E-state index in [2.05, 4.69) is 30.3 Å². The van der Waals surface area contributed by atoms with E-state index >= 15 is 0 Å². The Morgan fingerprint density at radius 3 is 2.25 bits per heavy atom. The van der Waals surface area contributed by atoms with Crippen molar-refractivity contribution in [2.24, 2.45) is 0 Å². The van der Waals surface area contributed by atoms with Crippen molar-refractivity contribution < 1.29 is 32.7 Å². The average molecular weight is 332 g/mol. The van der Waals surface area contributed by atoms with Crippen molar-refractivity contribution >= 4 is 27.2 Å². The van der Waals surface area contributed by atoms with Crippen LogP contribution in [0.5, 0.6) is 0 Å². The van der Waals surface area contributed by atoms with E-state index in [-0.39, 0.29) is 32.7 Å². The molecule has 1 nitrogen and oxygen atoms in total. The first kappa shape index (κ1) is 15.0. The van der Waals surface area contributed by atoms with Gasteiger partial charge in [0.15, 0.2) is 0 Å². The SMILES string of the molecule is [CH-]=CC=[C-]c1cccc2ccc3cccc(N)c3c12.[Y]. The first-order valence-electron chi connectivity index (χ1n) is 6.14. The number of anilines is 1. The van der Waals surface area contributed by atoms with Crippen LogP contribution in [0.1, 0.15) is 5.56 Å². The summed E-state index contributed by atoms with van der Waals surface area (Å²) in [5.41, 5.74) is 7.94. The average Bonchev–Trinajstić information content (AvgIpc) is 2.45. The van der Waals surface area contributed by atoms with E-state index in [0.29, 0.717) is 0 Å². The van der Waals surface area contributed by atoms with Crippen LogP contribution >= 0.6 is 0 Å². The molecule has 2 N–H and O–H groups in total. The summed E-state index contributed by atoms with van der Waals surface area (Å²) in [5, 5.41) is 4.49. The molecule has 2 heteroatoms. The molecule has 0 aliphatic heterocycles. The van der Waals surface area contributed by atoms with E-state index in [1.165, 1.54) is 6.08 Å². The number of benzene rings is 3. The van der Waals surface area contributed by atoms with Crippen LogP contribution in [0.25, 0.3) is 21.5 Å². The van der Waals surface area contributed by atoms with Crippen molar-refractivity contribution in [3.63, 3.8) is 0 Å². The Bertz CT molecular complexity index is 803. The van der Waals surface area contributed by atoms with Crippen molar-refractivity contribution in [1.82, 2.24) is 0 Å². The fraction of sp³-hybridized carbons (Fsp3) is 0. The van der Waals surface area contributed by atoms with Crippen LogP contribution in [0, 0.1) is 12.7 Å². The minimum absolute atomic E-state index is 0. The largest absolute Gasteiger partial charge is 0.399 e. The summed E-state index contributed by atoms with van der Waals surface area (Å²) in [6, 6.07) is 16.3. The third-order valence-corrected chi connectivity index (χ3v) is 3.25. The fourth-order valence-corrected chi connectivity index (χ4v) is 2.44. The van der Waals surface area contributed by atoms with Crippen LogP contribution in [0.2, 0.25) is 0 Å². The molecule has 0 bridgehead atoms. The molecule has 1 radical (unpaired) electrons. The van der Waals surface area contributed by atoms with E-state index in [9.17, 15) is 0 Å². The van der Waals surface area contributed by atoms with Gasteiger partial charge in [-0.2, -0.15) is 5.56 Å². The molecule has 0 unspecified atom stereocenters. The summed E-state index contributed by atoms with van der Waals surface area (Å²) in [6.45, 7) is 5.40. The van der Waals surface area contributed by atoms with E-state index in [0.717, 1.165) is 32.8 Å². The zero-order chi connectivity index (χ0) is 13.2. The molecule has 0 fully saturated rings. The molecule has 0 aliphatic rings. The second-order valence-corrected chi connectivity index (χ2v) is 4.42. The second-order valence-electron chi connectivity index (χ2n) is 4.42. The number of rotatable bonds is 2. The fourth-order valence-electron chi connectivity index (χ4n) is 2.44. The maximum Gasteiger partial charge on any atom is 0.0305 e. The molecular weight excluding hydrogens is 319 g/mol. The zero-order valence-electron chi connectivity index (χ0n) is 11.0. The smallest absolute Gasteiger partial charge is 0.0305 e. The maximum atomic E-state index is 6.15. The molecule has 95 valence electrons. The normalized spacial score (nSPS) is 10.8. The van der Waals surface area contributed by atoms with Gasteiger partial charge in [0, 0.05) is 38.4 Å². The Balaban J connectivity index is 0.00000147. The van der Waals surface area contributed by atoms with E-state index in [1.54, 1.807) is 6.08 Å². The van der Waals surface area contributed by atoms with Gasteiger partial charge in [0.05, 0.1) is 0 Å². The quantitative estimate of drug-likeness (QED) is 0.322. The minimum atomic E-state index is 0. The molecule has 0 aliphatic carbocycles. The molecule has 3 aromatic rings. The molecular formula is C18H13NY-2. The molecule has 20 heavy (non-hydrogen) atoms. The first-order valence-corrected chi connectivity index (χ1v) is 6.14. The molecule has 3 rings (SSSR count). The number of allylic oxidation sites excluding steroid dienone is 2. The third-order valence-electron chi connectivity index (χ3n) is 3.25. The van der Waals surface area contributed by atoms with Crippen molar-refractivity contribution in [2.75, 3.05) is 5.73 Å². The van der Waals surface area contributed by atoms with E-state index in [1.807, 2.05) is 24.3 Å². The number of fused-ring (bicyclic) bond motifs is 3. The van der Waals surface area contributed by atoms with Gasteiger partial charge in [-0.15, -0.1) is 12.1 Å². The summed E-state index contributed by atoms with van der Waals surface area (Å²) in [6.07, 6.45) is 6.39. The number of nitrogen functional groups attached to an aromatic ring is 1. The molecule has 0 saturated carbocycles. The predicted octanol–water partition coefficient (Wildman–Crippen LogP) is 4.27. The standard InChI is InChI=1S/C18H13N.Y/c1-2-3-6-13-7-4-8-14-11-12-15-9-5-10-16(19)18(15)17(13)14;/h1-5,7-12H,19H2;/q-2;. The van der Waals surface area contributed by atoms with Gasteiger partial charge in [-0.3, -0.25) is 6.08 Å². The monoisotopic (exact) mass is 332 g/mol. The van der Waals surface area contributed by atoms with Crippen LogP contribution in [0.3, 0.4) is 0 Å². The summed E-state index contributed by atoms with van der Waals surface area (Å²) in [5.74, 6) is 0. The number of hydrogen-bond acceptors (Lipinski definition) is 1. The number of hydrogen-bond donors (Lipinski definition) is 1. The van der Waals surface area contributed by atoms with Crippen molar-refractivity contribution in [1.29, 1.82) is 0 Å². The van der Waals surface area contributed by atoms with Crippen LogP contribution in [-0.2, 0) is 32.7 Å². The Hall–Kier alpha value is -1.44. The summed E-state index contributed by atoms with van der Waals surface area (Å²) < 4.78 is 0. The maximum absolute atomic E-state index is 6.15. The van der Waals surface area contributed by atoms with Gasteiger partial charge >= 0.3 is 0 Å². The van der Waals surface area contributed by atoms with Gasteiger partial charge in [0.25, 0.3) is 0 Å². The molecule has 0 aromatic heterocycles. The molecule has 0 amide bonds. The molecule has 0 spiro atoms. The van der Waals surface area contributed by atoms with Gasteiger partial charge in [0.2, 0.25) is 0 Å². The van der Waals surface area contributed by atoms with Crippen molar-refractivity contribution in [3.05, 3.63) is 78.9 Å². The molecule has 3 aromatic carbocycles. The van der Waals surface area contributed by atoms with Crippen LogP contribution in [-0.4, -0.2) is 0 Å². The Kier molecular flexibility index (Phi) is 4.74.